The number of hydrogen-bond acceptors (Lipinski definition) is 10. The van der Waals surface area contributed by atoms with Gasteiger partial charge >= 0.3 is 0 Å². The minimum Gasteiger partial charge on any atom is -0.387 e. The molecule has 0 amide bonds. The summed E-state index contributed by atoms with van der Waals surface area (Å²) in [5.74, 6) is 0.684. The Balaban J connectivity index is 1.60. The molecule has 11 nitrogen and oxygen atoms in total. The maximum Gasteiger partial charge on any atom is 0.207 e. The highest BCUT2D eigenvalue weighted by molar-refractivity contribution is 5.84. The molecule has 11 heteroatoms. The molecule has 2 aliphatic heterocycles. The zero-order chi connectivity index (χ0) is 19.7. The summed E-state index contributed by atoms with van der Waals surface area (Å²) >= 11 is 0. The Bertz CT molecular complexity index is 811. The lowest BCUT2D eigenvalue weighted by Gasteiger charge is -2.20. The van der Waals surface area contributed by atoms with Crippen LogP contribution in [0.5, 0.6) is 0 Å². The number of hydrogen-bond donors (Lipinski definition) is 4. The van der Waals surface area contributed by atoms with E-state index in [0.717, 1.165) is 12.8 Å². The molecule has 0 bridgehead atoms. The molecule has 0 radical (unpaired) electrons. The molecule has 4 heterocycles. The van der Waals surface area contributed by atoms with Gasteiger partial charge < -0.3 is 35.5 Å². The van der Waals surface area contributed by atoms with E-state index in [-0.39, 0.29) is 18.5 Å². The van der Waals surface area contributed by atoms with Crippen LogP contribution in [0.3, 0.4) is 0 Å². The summed E-state index contributed by atoms with van der Waals surface area (Å²) in [6, 6.07) is 0. The number of nitrogens with two attached hydrogens (primary N) is 1. The Hall–Kier alpha value is -2.05. The average Bonchev–Trinajstić information content (AvgIpc) is 3.39. The number of aromatic nitrogens is 4. The average molecular weight is 394 g/mol. The lowest BCUT2D eigenvalue weighted by atomic mass is 10.1. The molecule has 154 valence electrons. The highest BCUT2D eigenvalue weighted by Gasteiger charge is 2.45. The van der Waals surface area contributed by atoms with E-state index in [1.807, 2.05) is 6.92 Å². The Kier molecular flexibility index (Phi) is 5.60. The van der Waals surface area contributed by atoms with Crippen LogP contribution >= 0.6 is 0 Å². The minimum atomic E-state index is -1.18. The van der Waals surface area contributed by atoms with Gasteiger partial charge in [0.25, 0.3) is 0 Å². The monoisotopic (exact) mass is 394 g/mol. The molecule has 0 aliphatic carbocycles. The summed E-state index contributed by atoms with van der Waals surface area (Å²) in [5, 5.41) is 24.4. The topological polar surface area (TPSA) is 150 Å². The van der Waals surface area contributed by atoms with Gasteiger partial charge in [0.05, 0.1) is 19.3 Å². The number of aliphatic hydroxyl groups excluding tert-OH is 2. The molecular formula is C17H26N6O5. The van der Waals surface area contributed by atoms with Crippen molar-refractivity contribution in [3.63, 3.8) is 0 Å². The van der Waals surface area contributed by atoms with Crippen LogP contribution in [0.25, 0.3) is 11.2 Å². The third kappa shape index (κ3) is 3.51. The number of rotatable bonds is 7. The van der Waals surface area contributed by atoms with Crippen molar-refractivity contribution in [2.24, 2.45) is 0 Å². The van der Waals surface area contributed by atoms with E-state index in [9.17, 15) is 10.2 Å². The maximum atomic E-state index is 10.7. The van der Waals surface area contributed by atoms with Crippen molar-refractivity contribution in [1.82, 2.24) is 19.5 Å². The van der Waals surface area contributed by atoms with Crippen LogP contribution in [0.4, 0.5) is 11.8 Å². The number of nitrogens with zero attached hydrogens (tertiary/aromatic N) is 4. The zero-order valence-electron chi connectivity index (χ0n) is 15.7. The van der Waals surface area contributed by atoms with Gasteiger partial charge in [-0.05, 0) is 12.8 Å². The molecule has 2 aromatic rings. The van der Waals surface area contributed by atoms with Crippen molar-refractivity contribution >= 4 is 22.9 Å². The lowest BCUT2D eigenvalue weighted by molar-refractivity contribution is -0.0804. The molecule has 5 atom stereocenters. The number of nitrogen functional groups attached to an aromatic ring is 1. The van der Waals surface area contributed by atoms with Crippen molar-refractivity contribution < 1.29 is 24.4 Å². The van der Waals surface area contributed by atoms with Gasteiger partial charge in [-0.1, -0.05) is 6.92 Å². The second-order valence-corrected chi connectivity index (χ2v) is 7.03. The summed E-state index contributed by atoms with van der Waals surface area (Å²) < 4.78 is 18.6. The normalized spacial score (nSPS) is 30.3. The van der Waals surface area contributed by atoms with Crippen LogP contribution in [-0.4, -0.2) is 80.5 Å². The summed E-state index contributed by atoms with van der Waals surface area (Å²) in [6.45, 7) is 4.04. The number of aliphatic hydroxyl groups is 2. The number of fused-ring (bicyclic) bond motifs is 1. The van der Waals surface area contributed by atoms with E-state index < -0.39 is 24.5 Å². The van der Waals surface area contributed by atoms with Crippen molar-refractivity contribution in [2.75, 3.05) is 37.4 Å². The molecule has 2 saturated heterocycles. The summed E-state index contributed by atoms with van der Waals surface area (Å²) in [6.07, 6.45) is -0.859. The molecular weight excluding hydrogens is 368 g/mol. The van der Waals surface area contributed by atoms with Gasteiger partial charge in [-0.2, -0.15) is 0 Å². The second kappa shape index (κ2) is 8.13. The number of imidazole rings is 1. The van der Waals surface area contributed by atoms with Crippen molar-refractivity contribution in [2.45, 2.75) is 50.4 Å². The van der Waals surface area contributed by atoms with E-state index in [1.54, 1.807) is 4.57 Å². The zero-order valence-corrected chi connectivity index (χ0v) is 15.7. The van der Waals surface area contributed by atoms with Crippen molar-refractivity contribution in [3.8, 4) is 0 Å². The third-order valence-corrected chi connectivity index (χ3v) is 5.01. The Labute approximate surface area is 161 Å². The quantitative estimate of drug-likeness (QED) is 0.491. The van der Waals surface area contributed by atoms with Crippen LogP contribution in [-0.2, 0) is 14.2 Å². The van der Waals surface area contributed by atoms with Gasteiger partial charge in [0.1, 0.15) is 24.6 Å². The molecule has 28 heavy (non-hydrogen) atoms. The largest absolute Gasteiger partial charge is 0.387 e. The van der Waals surface area contributed by atoms with Crippen LogP contribution in [0, 0.1) is 0 Å². The predicted molar refractivity (Wildman–Crippen MR) is 99.6 cm³/mol. The number of nitrogens with one attached hydrogen (secondary N) is 1. The molecule has 0 aromatic carbocycles. The molecule has 0 spiro atoms. The van der Waals surface area contributed by atoms with Crippen LogP contribution in [0.1, 0.15) is 26.0 Å². The molecule has 2 fully saturated rings. The Morgan fingerprint density at radius 2 is 2.21 bits per heavy atom. The van der Waals surface area contributed by atoms with Gasteiger partial charge in [0, 0.05) is 13.2 Å². The fourth-order valence-electron chi connectivity index (χ4n) is 3.48. The van der Waals surface area contributed by atoms with E-state index in [0.29, 0.717) is 36.9 Å². The standard InChI is InChI=1S/C17H26N6O5/c1-2-4-19-17-22-11-14(18)20-8-21-15(11)23(17)16-13(25)12(24)10(28-16)7-27-9-3-5-26-6-9/h8-10,12-13,16,24-25H,2-7H2,1H3,(H,19,22)(H2,18,20,21)/t9-,10-,12-,13-,16-/m1/s1. The highest BCUT2D eigenvalue weighted by atomic mass is 16.6. The third-order valence-electron chi connectivity index (χ3n) is 5.01. The molecule has 0 unspecified atom stereocenters. The molecule has 2 aliphatic rings. The molecule has 2 aromatic heterocycles. The van der Waals surface area contributed by atoms with Crippen LogP contribution in [0.2, 0.25) is 0 Å². The fourth-order valence-corrected chi connectivity index (χ4v) is 3.48. The van der Waals surface area contributed by atoms with Crippen LogP contribution in [0.15, 0.2) is 6.33 Å². The lowest BCUT2D eigenvalue weighted by Crippen LogP contribution is -2.35. The van der Waals surface area contributed by atoms with Crippen LogP contribution < -0.4 is 11.1 Å². The predicted octanol–water partition coefficient (Wildman–Crippen LogP) is -0.345. The SMILES string of the molecule is CCCNc1nc2c(N)ncnc2n1[C@@H]1O[C@H](CO[C@@H]2CCOC2)[C@@H](O)[C@H]1O. The first-order valence-corrected chi connectivity index (χ1v) is 9.53. The maximum absolute atomic E-state index is 10.7. The smallest absolute Gasteiger partial charge is 0.207 e. The highest BCUT2D eigenvalue weighted by Crippen LogP contribution is 2.35. The van der Waals surface area contributed by atoms with Gasteiger partial charge in [0.2, 0.25) is 5.95 Å². The number of ether oxygens (including phenoxy) is 3. The molecule has 4 rings (SSSR count). The summed E-state index contributed by atoms with van der Waals surface area (Å²) in [7, 11) is 0. The number of anilines is 2. The first-order valence-electron chi connectivity index (χ1n) is 9.53. The minimum absolute atomic E-state index is 0.0182. The summed E-state index contributed by atoms with van der Waals surface area (Å²) in [4.78, 5) is 12.7. The van der Waals surface area contributed by atoms with Gasteiger partial charge in [-0.15, -0.1) is 0 Å². The van der Waals surface area contributed by atoms with E-state index in [1.165, 1.54) is 6.33 Å². The van der Waals surface area contributed by atoms with E-state index in [2.05, 4.69) is 20.3 Å². The second-order valence-electron chi connectivity index (χ2n) is 7.03. The van der Waals surface area contributed by atoms with Gasteiger partial charge in [-0.3, -0.25) is 4.57 Å². The first-order chi connectivity index (χ1) is 13.6. The van der Waals surface area contributed by atoms with E-state index >= 15 is 0 Å². The van der Waals surface area contributed by atoms with Gasteiger partial charge in [-0.25, -0.2) is 15.0 Å². The molecule has 5 N–H and O–H groups in total. The Morgan fingerprint density at radius 3 is 2.96 bits per heavy atom. The van der Waals surface area contributed by atoms with Crippen molar-refractivity contribution in [1.29, 1.82) is 0 Å². The van der Waals surface area contributed by atoms with E-state index in [4.69, 9.17) is 19.9 Å². The molecule has 0 saturated carbocycles. The van der Waals surface area contributed by atoms with Gasteiger partial charge in [0.15, 0.2) is 23.2 Å². The first kappa shape index (κ1) is 19.3. The Morgan fingerprint density at radius 1 is 1.36 bits per heavy atom. The van der Waals surface area contributed by atoms with Crippen molar-refractivity contribution in [3.05, 3.63) is 6.33 Å². The fraction of sp³-hybridized carbons (Fsp3) is 0.706. The summed E-state index contributed by atoms with van der Waals surface area (Å²) in [5.41, 5.74) is 6.77.